The third-order valence-corrected chi connectivity index (χ3v) is 5.14. The first-order chi connectivity index (χ1) is 9.67. The molecular weight excluding hydrogens is 276 g/mol. The van der Waals surface area contributed by atoms with Gasteiger partial charge in [0.05, 0.1) is 17.8 Å². The Kier molecular flexibility index (Phi) is 3.89. The Hall–Kier alpha value is -1.20. The van der Waals surface area contributed by atoms with Crippen LogP contribution >= 0.6 is 11.8 Å². The van der Waals surface area contributed by atoms with Gasteiger partial charge in [-0.2, -0.15) is 11.8 Å². The molecule has 3 rings (SSSR count). The van der Waals surface area contributed by atoms with Crippen molar-refractivity contribution in [3.63, 3.8) is 0 Å². The average Bonchev–Trinajstić information content (AvgIpc) is 2.87. The summed E-state index contributed by atoms with van der Waals surface area (Å²) in [5.41, 5.74) is 0.294. The fourth-order valence-electron chi connectivity index (χ4n) is 2.82. The number of hydrogen-bond donors (Lipinski definition) is 1. The molecule has 2 aliphatic heterocycles. The summed E-state index contributed by atoms with van der Waals surface area (Å²) in [5, 5.41) is 8.88. The van der Waals surface area contributed by atoms with E-state index in [0.717, 1.165) is 37.4 Å². The van der Waals surface area contributed by atoms with Gasteiger partial charge < -0.3 is 14.6 Å². The minimum atomic E-state index is -0.912. The molecule has 2 saturated heterocycles. The van der Waals surface area contributed by atoms with E-state index < -0.39 is 5.97 Å². The van der Waals surface area contributed by atoms with Gasteiger partial charge in [0.25, 0.3) is 0 Å². The van der Waals surface area contributed by atoms with Crippen LogP contribution in [0.15, 0.2) is 24.3 Å². The Labute approximate surface area is 122 Å². The second kappa shape index (κ2) is 5.66. The summed E-state index contributed by atoms with van der Waals surface area (Å²) >= 11 is 1.95. The lowest BCUT2D eigenvalue weighted by atomic mass is 9.91. The quantitative estimate of drug-likeness (QED) is 0.929. The fraction of sp³-hybridized carbons (Fsp3) is 0.533. The van der Waals surface area contributed by atoms with Crippen molar-refractivity contribution in [1.29, 1.82) is 0 Å². The maximum atomic E-state index is 10.8. The van der Waals surface area contributed by atoms with Gasteiger partial charge in [0.2, 0.25) is 0 Å². The van der Waals surface area contributed by atoms with E-state index in [9.17, 15) is 4.79 Å². The molecule has 1 N–H and O–H groups in total. The Balaban J connectivity index is 1.63. The van der Waals surface area contributed by atoms with Crippen molar-refractivity contribution >= 4 is 17.7 Å². The number of hydrogen-bond acceptors (Lipinski definition) is 4. The molecule has 0 aliphatic carbocycles. The molecule has 5 heteroatoms. The highest BCUT2D eigenvalue weighted by Crippen LogP contribution is 2.39. The predicted octanol–water partition coefficient (Wildman–Crippen LogP) is 2.82. The molecule has 0 bridgehead atoms. The van der Waals surface area contributed by atoms with E-state index in [1.54, 1.807) is 24.3 Å². The van der Waals surface area contributed by atoms with Gasteiger partial charge in [-0.3, -0.25) is 0 Å². The van der Waals surface area contributed by atoms with Gasteiger partial charge in [-0.15, -0.1) is 0 Å². The molecule has 2 heterocycles. The predicted molar refractivity (Wildman–Crippen MR) is 77.7 cm³/mol. The van der Waals surface area contributed by atoms with Gasteiger partial charge in [-0.25, -0.2) is 4.79 Å². The Morgan fingerprint density at radius 2 is 2.20 bits per heavy atom. The normalized spacial score (nSPS) is 29.5. The van der Waals surface area contributed by atoms with Gasteiger partial charge in [-0.1, -0.05) is 0 Å². The second-order valence-electron chi connectivity index (χ2n) is 5.40. The van der Waals surface area contributed by atoms with Gasteiger partial charge in [0.15, 0.2) is 0 Å². The van der Waals surface area contributed by atoms with Crippen LogP contribution in [0.3, 0.4) is 0 Å². The first kappa shape index (κ1) is 13.8. The van der Waals surface area contributed by atoms with Crippen molar-refractivity contribution in [2.24, 2.45) is 0 Å². The highest BCUT2D eigenvalue weighted by molar-refractivity contribution is 7.99. The molecule has 0 amide bonds. The van der Waals surface area contributed by atoms with E-state index in [4.69, 9.17) is 14.6 Å². The number of carboxylic acid groups (broad SMARTS) is 1. The van der Waals surface area contributed by atoms with Crippen LogP contribution in [0, 0.1) is 0 Å². The van der Waals surface area contributed by atoms with E-state index in [0.29, 0.717) is 0 Å². The number of ether oxygens (including phenoxy) is 2. The van der Waals surface area contributed by atoms with E-state index in [1.165, 1.54) is 5.75 Å². The Morgan fingerprint density at radius 3 is 2.85 bits per heavy atom. The van der Waals surface area contributed by atoms with E-state index in [1.807, 2.05) is 11.8 Å². The maximum absolute atomic E-state index is 10.8. The molecule has 1 aromatic rings. The van der Waals surface area contributed by atoms with E-state index in [-0.39, 0.29) is 17.3 Å². The number of benzene rings is 1. The average molecular weight is 294 g/mol. The summed E-state index contributed by atoms with van der Waals surface area (Å²) in [4.78, 5) is 10.8. The first-order valence-corrected chi connectivity index (χ1v) is 8.04. The molecule has 108 valence electrons. The number of thioether (sulfide) groups is 1. The molecule has 0 aromatic heterocycles. The summed E-state index contributed by atoms with van der Waals surface area (Å²) in [6, 6.07) is 6.63. The topological polar surface area (TPSA) is 55.8 Å². The fourth-order valence-corrected chi connectivity index (χ4v) is 4.19. The largest absolute Gasteiger partial charge is 0.490 e. The minimum absolute atomic E-state index is 0.00852. The van der Waals surface area contributed by atoms with Crippen LogP contribution in [0.5, 0.6) is 5.75 Å². The zero-order valence-electron chi connectivity index (χ0n) is 11.2. The van der Waals surface area contributed by atoms with Crippen LogP contribution < -0.4 is 4.74 Å². The number of rotatable bonds is 3. The van der Waals surface area contributed by atoms with Crippen LogP contribution in [0.4, 0.5) is 0 Å². The molecule has 1 spiro atoms. The van der Waals surface area contributed by atoms with Gasteiger partial charge >= 0.3 is 5.97 Å². The first-order valence-electron chi connectivity index (χ1n) is 6.89. The summed E-state index contributed by atoms with van der Waals surface area (Å²) in [6.07, 6.45) is 3.10. The van der Waals surface area contributed by atoms with Crippen LogP contribution in [-0.2, 0) is 4.74 Å². The SMILES string of the molecule is O=C(O)c1ccc(OC2CCOC3(CCSC3)C2)cc1. The molecule has 2 atom stereocenters. The second-order valence-corrected chi connectivity index (χ2v) is 6.50. The number of carboxylic acids is 1. The molecule has 2 fully saturated rings. The summed E-state index contributed by atoms with van der Waals surface area (Å²) in [7, 11) is 0. The lowest BCUT2D eigenvalue weighted by Crippen LogP contribution is -2.43. The summed E-state index contributed by atoms with van der Waals surface area (Å²) in [6.45, 7) is 0.748. The highest BCUT2D eigenvalue weighted by Gasteiger charge is 2.41. The lowest BCUT2D eigenvalue weighted by molar-refractivity contribution is -0.0958. The third-order valence-electron chi connectivity index (χ3n) is 3.92. The van der Waals surface area contributed by atoms with Crippen LogP contribution in [0.1, 0.15) is 29.6 Å². The van der Waals surface area contributed by atoms with Crippen molar-refractivity contribution in [2.75, 3.05) is 18.1 Å². The van der Waals surface area contributed by atoms with Crippen LogP contribution in [-0.4, -0.2) is 40.9 Å². The van der Waals surface area contributed by atoms with Crippen molar-refractivity contribution in [3.05, 3.63) is 29.8 Å². The molecule has 0 saturated carbocycles. The molecule has 20 heavy (non-hydrogen) atoms. The van der Waals surface area contributed by atoms with E-state index >= 15 is 0 Å². The van der Waals surface area contributed by atoms with Crippen molar-refractivity contribution in [3.8, 4) is 5.75 Å². The maximum Gasteiger partial charge on any atom is 0.335 e. The van der Waals surface area contributed by atoms with Gasteiger partial charge in [-0.05, 0) is 36.4 Å². The minimum Gasteiger partial charge on any atom is -0.490 e. The standard InChI is InChI=1S/C15H18O4S/c16-14(17)11-1-3-12(4-2-11)19-13-5-7-18-15(9-13)6-8-20-10-15/h1-4,13H,5-10H2,(H,16,17). The van der Waals surface area contributed by atoms with Crippen LogP contribution in [0.25, 0.3) is 0 Å². The third kappa shape index (κ3) is 2.94. The monoisotopic (exact) mass is 294 g/mol. The van der Waals surface area contributed by atoms with Gasteiger partial charge in [0, 0.05) is 18.6 Å². The number of aromatic carboxylic acids is 1. The molecule has 2 unspecified atom stereocenters. The van der Waals surface area contributed by atoms with Crippen LogP contribution in [0.2, 0.25) is 0 Å². The smallest absolute Gasteiger partial charge is 0.335 e. The molecule has 2 aliphatic rings. The highest BCUT2D eigenvalue weighted by atomic mass is 32.2. The van der Waals surface area contributed by atoms with Crippen molar-refractivity contribution < 1.29 is 19.4 Å². The molecule has 4 nitrogen and oxygen atoms in total. The lowest BCUT2D eigenvalue weighted by Gasteiger charge is -2.37. The van der Waals surface area contributed by atoms with Crippen molar-refractivity contribution in [1.82, 2.24) is 0 Å². The summed E-state index contributed by atoms with van der Waals surface area (Å²) in [5.74, 6) is 2.05. The zero-order valence-corrected chi connectivity index (χ0v) is 12.0. The molecule has 1 aromatic carbocycles. The van der Waals surface area contributed by atoms with Crippen molar-refractivity contribution in [2.45, 2.75) is 31.0 Å². The Morgan fingerprint density at radius 1 is 1.40 bits per heavy atom. The molecule has 0 radical (unpaired) electrons. The Bertz CT molecular complexity index is 479. The zero-order chi connectivity index (χ0) is 14.0. The number of carbonyl (C=O) groups is 1. The van der Waals surface area contributed by atoms with Gasteiger partial charge in [0.1, 0.15) is 11.9 Å². The summed E-state index contributed by atoms with van der Waals surface area (Å²) < 4.78 is 12.0. The van der Waals surface area contributed by atoms with E-state index in [2.05, 4.69) is 0 Å². The molecular formula is C15H18O4S.